The number of carbonyl (C=O) groups excluding carboxylic acids is 2. The van der Waals surface area contributed by atoms with Crippen LogP contribution >= 0.6 is 24.2 Å². The maximum Gasteiger partial charge on any atom is 0.416 e. The highest BCUT2D eigenvalue weighted by Crippen LogP contribution is 2.37. The van der Waals surface area contributed by atoms with Crippen LogP contribution in [0.5, 0.6) is 5.75 Å². The number of carbonyl (C=O) groups is 2. The lowest BCUT2D eigenvalue weighted by atomic mass is 10.1. The molecule has 0 aliphatic carbocycles. The van der Waals surface area contributed by atoms with Gasteiger partial charge in [-0.15, -0.1) is 12.4 Å². The van der Waals surface area contributed by atoms with Crippen LogP contribution in [-0.2, 0) is 17.5 Å². The predicted octanol–water partition coefficient (Wildman–Crippen LogP) is 5.32. The largest absolute Gasteiger partial charge is 0.497 e. The summed E-state index contributed by atoms with van der Waals surface area (Å²) in [6.45, 7) is 1.47. The van der Waals surface area contributed by atoms with E-state index < -0.39 is 11.7 Å². The van der Waals surface area contributed by atoms with Crippen molar-refractivity contribution in [3.05, 3.63) is 64.2 Å². The van der Waals surface area contributed by atoms with Gasteiger partial charge >= 0.3 is 6.18 Å². The van der Waals surface area contributed by atoms with Crippen molar-refractivity contribution >= 4 is 52.3 Å². The smallest absolute Gasteiger partial charge is 0.416 e. The summed E-state index contributed by atoms with van der Waals surface area (Å²) in [5.41, 5.74) is 0.660. The van der Waals surface area contributed by atoms with E-state index in [1.165, 1.54) is 28.8 Å². The van der Waals surface area contributed by atoms with Gasteiger partial charge in [-0.05, 0) is 79.2 Å². The lowest BCUT2D eigenvalue weighted by Gasteiger charge is -2.29. The van der Waals surface area contributed by atoms with Crippen molar-refractivity contribution in [2.45, 2.75) is 31.6 Å². The second-order valence-corrected chi connectivity index (χ2v) is 9.67. The average molecular weight is 553 g/mol. The Labute approximate surface area is 221 Å². The van der Waals surface area contributed by atoms with Crippen molar-refractivity contribution in [1.82, 2.24) is 20.0 Å². The zero-order valence-corrected chi connectivity index (χ0v) is 21.4. The number of piperidine rings is 1. The highest BCUT2D eigenvalue weighted by atomic mass is 35.5. The Kier molecular flexibility index (Phi) is 7.86. The van der Waals surface area contributed by atoms with Crippen LogP contribution in [-0.4, -0.2) is 52.1 Å². The molecule has 0 radical (unpaired) electrons. The van der Waals surface area contributed by atoms with Crippen LogP contribution in [0.3, 0.4) is 0 Å². The van der Waals surface area contributed by atoms with Gasteiger partial charge < -0.3 is 10.1 Å². The molecule has 7 nitrogen and oxygen atoms in total. The Balaban J connectivity index is 0.00000320. The molecule has 1 N–H and O–H groups in total. The number of alkyl halides is 3. The van der Waals surface area contributed by atoms with Gasteiger partial charge in [0.1, 0.15) is 5.75 Å². The molecule has 3 heterocycles. The number of methoxy groups -OCH3 is 1. The number of aromatic nitrogens is 2. The van der Waals surface area contributed by atoms with Crippen LogP contribution in [0.2, 0.25) is 0 Å². The molecule has 0 unspecified atom stereocenters. The fraction of sp³-hybridized carbons (Fsp3) is 0.320. The van der Waals surface area contributed by atoms with Crippen LogP contribution in [0.25, 0.3) is 17.0 Å². The molecule has 12 heteroatoms. The first kappa shape index (κ1) is 27.0. The van der Waals surface area contributed by atoms with Crippen LogP contribution in [0.15, 0.2) is 47.5 Å². The third kappa shape index (κ3) is 5.48. The van der Waals surface area contributed by atoms with Gasteiger partial charge in [-0.25, -0.2) is 0 Å². The van der Waals surface area contributed by atoms with E-state index in [0.29, 0.717) is 21.4 Å². The normalized spacial score (nSPS) is 18.1. The van der Waals surface area contributed by atoms with E-state index in [4.69, 9.17) is 4.74 Å². The number of benzene rings is 2. The molecule has 196 valence electrons. The van der Waals surface area contributed by atoms with Crippen molar-refractivity contribution in [3.8, 4) is 5.75 Å². The molecule has 2 fully saturated rings. The molecular weight excluding hydrogens is 529 g/mol. The number of thioether (sulfide) groups is 1. The van der Waals surface area contributed by atoms with Crippen molar-refractivity contribution < 1.29 is 27.5 Å². The number of hydrogen-bond donors (Lipinski definition) is 1. The highest BCUT2D eigenvalue weighted by Gasteiger charge is 2.40. The number of halogens is 4. The lowest BCUT2D eigenvalue weighted by molar-refractivity contribution is -0.138. The van der Waals surface area contributed by atoms with Crippen LogP contribution in [0.1, 0.15) is 29.5 Å². The topological polar surface area (TPSA) is 76.5 Å². The number of amides is 2. The molecule has 0 atom stereocenters. The summed E-state index contributed by atoms with van der Waals surface area (Å²) in [7, 11) is 1.32. The second kappa shape index (κ2) is 10.8. The van der Waals surface area contributed by atoms with E-state index in [2.05, 4.69) is 10.4 Å². The third-order valence-corrected chi connectivity index (χ3v) is 7.29. The summed E-state index contributed by atoms with van der Waals surface area (Å²) in [5.74, 6) is -0.155. The Morgan fingerprint density at radius 2 is 1.92 bits per heavy atom. The van der Waals surface area contributed by atoms with Gasteiger partial charge in [-0.2, -0.15) is 18.3 Å². The summed E-state index contributed by atoms with van der Waals surface area (Å²) in [6, 6.07) is 9.09. The zero-order chi connectivity index (χ0) is 25.4. The number of nitrogens with zero attached hydrogens (tertiary/aromatic N) is 3. The van der Waals surface area contributed by atoms with Gasteiger partial charge in [0.25, 0.3) is 11.1 Å². The van der Waals surface area contributed by atoms with Crippen LogP contribution < -0.4 is 10.1 Å². The first-order valence-electron chi connectivity index (χ1n) is 11.4. The standard InChI is InChI=1S/C25H23F3N4O3S.ClH/c1-35-19-4-3-16(20(12-19)25(26,27)28)14-31-21-5-2-15(10-17(21)13-30-31)11-22-23(33)32(24(34)36-22)18-6-8-29-9-7-18;/h2-5,10-13,18,29H,6-9,14H2,1H3;1H/b22-11-;. The summed E-state index contributed by atoms with van der Waals surface area (Å²) < 4.78 is 47.3. The Bertz CT molecular complexity index is 1370. The molecular formula is C25H24ClF3N4O3S. The minimum Gasteiger partial charge on any atom is -0.497 e. The van der Waals surface area contributed by atoms with E-state index in [1.54, 1.807) is 30.5 Å². The van der Waals surface area contributed by atoms with E-state index in [-0.39, 0.29) is 47.5 Å². The fourth-order valence-electron chi connectivity index (χ4n) is 4.58. The van der Waals surface area contributed by atoms with Crippen molar-refractivity contribution in [1.29, 1.82) is 0 Å². The molecule has 0 bridgehead atoms. The van der Waals surface area contributed by atoms with Gasteiger partial charge in [-0.1, -0.05) is 12.1 Å². The Morgan fingerprint density at radius 3 is 2.62 bits per heavy atom. The molecule has 3 aromatic rings. The van der Waals surface area contributed by atoms with Crippen molar-refractivity contribution in [2.75, 3.05) is 20.2 Å². The van der Waals surface area contributed by atoms with E-state index >= 15 is 0 Å². The summed E-state index contributed by atoms with van der Waals surface area (Å²) >= 11 is 0.930. The minimum atomic E-state index is -4.53. The van der Waals surface area contributed by atoms with Gasteiger partial charge in [0.15, 0.2) is 0 Å². The van der Waals surface area contributed by atoms with E-state index in [0.717, 1.165) is 43.8 Å². The molecule has 2 aliphatic heterocycles. The fourth-order valence-corrected chi connectivity index (χ4v) is 5.48. The maximum atomic E-state index is 13.6. The van der Waals surface area contributed by atoms with Crippen LogP contribution in [0, 0.1) is 0 Å². The maximum absolute atomic E-state index is 13.6. The number of fused-ring (bicyclic) bond motifs is 1. The summed E-state index contributed by atoms with van der Waals surface area (Å²) in [5, 5.41) is 7.97. The lowest BCUT2D eigenvalue weighted by Crippen LogP contribution is -2.45. The first-order valence-corrected chi connectivity index (χ1v) is 12.2. The van der Waals surface area contributed by atoms with Crippen LogP contribution in [0.4, 0.5) is 18.0 Å². The summed E-state index contributed by atoms with van der Waals surface area (Å²) in [6.07, 6.45) is 0.191. The monoisotopic (exact) mass is 552 g/mol. The number of rotatable bonds is 5. The van der Waals surface area contributed by atoms with Gasteiger partial charge in [0.2, 0.25) is 0 Å². The minimum absolute atomic E-state index is 0. The molecule has 2 aliphatic rings. The highest BCUT2D eigenvalue weighted by molar-refractivity contribution is 8.18. The van der Waals surface area contributed by atoms with E-state index in [1.807, 2.05) is 0 Å². The van der Waals surface area contributed by atoms with E-state index in [9.17, 15) is 22.8 Å². The Morgan fingerprint density at radius 1 is 1.16 bits per heavy atom. The molecule has 37 heavy (non-hydrogen) atoms. The molecule has 5 rings (SSSR count). The number of ether oxygens (including phenoxy) is 1. The SMILES string of the molecule is COc1ccc(Cn2ncc3cc(/C=C4\SC(=O)N(C5CCNCC5)C4=O)ccc32)c(C(F)(F)F)c1.Cl. The average Bonchev–Trinajstić information content (AvgIpc) is 3.38. The second-order valence-electron chi connectivity index (χ2n) is 8.67. The first-order chi connectivity index (χ1) is 17.2. The molecule has 0 spiro atoms. The van der Waals surface area contributed by atoms with Gasteiger partial charge in [0.05, 0.1) is 35.8 Å². The quantitative estimate of drug-likeness (QED) is 0.432. The molecule has 2 aromatic carbocycles. The number of imide groups is 1. The molecule has 0 saturated carbocycles. The molecule has 2 amide bonds. The molecule has 2 saturated heterocycles. The third-order valence-electron chi connectivity index (χ3n) is 6.40. The van der Waals surface area contributed by atoms with Crippen molar-refractivity contribution in [3.63, 3.8) is 0 Å². The van der Waals surface area contributed by atoms with Gasteiger partial charge in [-0.3, -0.25) is 19.2 Å². The summed E-state index contributed by atoms with van der Waals surface area (Å²) in [4.78, 5) is 27.2. The van der Waals surface area contributed by atoms with Crippen molar-refractivity contribution in [2.24, 2.45) is 0 Å². The molecule has 1 aromatic heterocycles. The number of hydrogen-bond acceptors (Lipinski definition) is 6. The zero-order valence-electron chi connectivity index (χ0n) is 19.7. The Hall–Kier alpha value is -3.02. The predicted molar refractivity (Wildman–Crippen MR) is 138 cm³/mol. The number of nitrogens with one attached hydrogen (secondary N) is 1. The van der Waals surface area contributed by atoms with Gasteiger partial charge in [0, 0.05) is 11.4 Å².